The zero-order valence-electron chi connectivity index (χ0n) is 17.2. The molecule has 3 aromatic rings. The van der Waals surface area contributed by atoms with Crippen molar-refractivity contribution in [2.75, 3.05) is 36.1 Å². The summed E-state index contributed by atoms with van der Waals surface area (Å²) in [4.78, 5) is 21.7. The van der Waals surface area contributed by atoms with Gasteiger partial charge in [-0.25, -0.2) is 14.2 Å². The van der Waals surface area contributed by atoms with E-state index < -0.39 is 11.9 Å². The molecule has 0 atom stereocenters. The predicted molar refractivity (Wildman–Crippen MR) is 120 cm³/mol. The van der Waals surface area contributed by atoms with Crippen LogP contribution in [0.25, 0.3) is 0 Å². The van der Waals surface area contributed by atoms with E-state index in [2.05, 4.69) is 37.6 Å². The van der Waals surface area contributed by atoms with Crippen molar-refractivity contribution >= 4 is 46.5 Å². The molecule has 1 amide bonds. The number of aromatic nitrogens is 4. The molecule has 0 unspecified atom stereocenters. The Bertz CT molecular complexity index is 1120. The van der Waals surface area contributed by atoms with Gasteiger partial charge in [0.05, 0.1) is 29.8 Å². The maximum absolute atomic E-state index is 13.8. The molecule has 0 spiro atoms. The summed E-state index contributed by atoms with van der Waals surface area (Å²) in [6.45, 7) is 2.07. The average molecular weight is 461 g/mol. The second-order valence-electron chi connectivity index (χ2n) is 7.51. The van der Waals surface area contributed by atoms with Crippen LogP contribution in [0, 0.1) is 5.82 Å². The summed E-state index contributed by atoms with van der Waals surface area (Å²) in [5, 5.41) is 21.6. The largest absolute Gasteiger partial charge is 0.465 e. The minimum Gasteiger partial charge on any atom is -0.465 e. The molecule has 0 bridgehead atoms. The van der Waals surface area contributed by atoms with Crippen molar-refractivity contribution in [2.45, 2.75) is 18.9 Å². The zero-order valence-corrected chi connectivity index (χ0v) is 18.0. The number of carbonyl (C=O) groups is 1. The van der Waals surface area contributed by atoms with E-state index in [-0.39, 0.29) is 16.5 Å². The minimum atomic E-state index is -1.37. The van der Waals surface area contributed by atoms with E-state index in [0.717, 1.165) is 37.7 Å². The zero-order chi connectivity index (χ0) is 22.7. The normalized spacial score (nSPS) is 14.8. The summed E-state index contributed by atoms with van der Waals surface area (Å²) in [6, 6.07) is 4.25. The summed E-state index contributed by atoms with van der Waals surface area (Å²) < 4.78 is 15.7. The van der Waals surface area contributed by atoms with E-state index in [0.29, 0.717) is 17.7 Å². The van der Waals surface area contributed by atoms with Crippen LogP contribution in [0.4, 0.5) is 38.0 Å². The molecule has 32 heavy (non-hydrogen) atoms. The Morgan fingerprint density at radius 1 is 1.22 bits per heavy atom. The Balaban J connectivity index is 1.47. The lowest BCUT2D eigenvalue weighted by Crippen LogP contribution is -2.31. The number of nitrogens with zero attached hydrogens (tertiary/aromatic N) is 5. The number of benzene rings is 1. The van der Waals surface area contributed by atoms with Crippen molar-refractivity contribution in [3.63, 3.8) is 0 Å². The summed E-state index contributed by atoms with van der Waals surface area (Å²) in [5.41, 5.74) is 0.955. The molecule has 168 valence electrons. The molecule has 4 N–H and O–H groups in total. The van der Waals surface area contributed by atoms with Gasteiger partial charge in [0.25, 0.3) is 0 Å². The van der Waals surface area contributed by atoms with Crippen LogP contribution in [0.3, 0.4) is 0 Å². The summed E-state index contributed by atoms with van der Waals surface area (Å²) in [7, 11) is 2.12. The van der Waals surface area contributed by atoms with Crippen LogP contribution in [0.5, 0.6) is 0 Å². The van der Waals surface area contributed by atoms with E-state index in [1.807, 2.05) is 16.2 Å². The number of piperidine rings is 1. The number of halogens is 2. The third-order valence-corrected chi connectivity index (χ3v) is 5.41. The van der Waals surface area contributed by atoms with E-state index in [1.165, 1.54) is 18.3 Å². The van der Waals surface area contributed by atoms with Gasteiger partial charge in [0.2, 0.25) is 5.95 Å². The van der Waals surface area contributed by atoms with Crippen LogP contribution in [-0.4, -0.2) is 56.0 Å². The first-order valence-electron chi connectivity index (χ1n) is 9.96. The van der Waals surface area contributed by atoms with Gasteiger partial charge < -0.3 is 20.6 Å². The molecule has 1 aliphatic rings. The van der Waals surface area contributed by atoms with Gasteiger partial charge in [-0.2, -0.15) is 10.1 Å². The fourth-order valence-electron chi connectivity index (χ4n) is 3.46. The quantitative estimate of drug-likeness (QED) is 0.429. The van der Waals surface area contributed by atoms with Crippen molar-refractivity contribution in [1.29, 1.82) is 0 Å². The lowest BCUT2D eigenvalue weighted by atomic mass is 10.1. The van der Waals surface area contributed by atoms with Crippen LogP contribution >= 0.6 is 11.6 Å². The van der Waals surface area contributed by atoms with Crippen molar-refractivity contribution in [3.05, 3.63) is 47.6 Å². The molecule has 0 aliphatic carbocycles. The van der Waals surface area contributed by atoms with Gasteiger partial charge in [0, 0.05) is 11.9 Å². The lowest BCUT2D eigenvalue weighted by Gasteiger charge is -2.28. The van der Waals surface area contributed by atoms with Crippen LogP contribution in [0.15, 0.2) is 36.8 Å². The number of likely N-dealkylation sites (tertiary alicyclic amines) is 1. The SMILES string of the molecule is CN1CCC(n2cc(Nc3ncc(Cl)c(Nc4ccc(F)c(NC(=O)O)c4)n3)cn2)CC1. The highest BCUT2D eigenvalue weighted by Crippen LogP contribution is 2.28. The fourth-order valence-corrected chi connectivity index (χ4v) is 3.59. The lowest BCUT2D eigenvalue weighted by molar-refractivity contribution is 0.209. The molecule has 1 aliphatic heterocycles. The molecule has 0 radical (unpaired) electrons. The maximum Gasteiger partial charge on any atom is 0.409 e. The van der Waals surface area contributed by atoms with E-state index in [4.69, 9.17) is 16.7 Å². The Morgan fingerprint density at radius 2 is 2.00 bits per heavy atom. The average Bonchev–Trinajstić information content (AvgIpc) is 3.21. The van der Waals surface area contributed by atoms with Crippen LogP contribution in [-0.2, 0) is 0 Å². The number of anilines is 5. The molecule has 3 heterocycles. The minimum absolute atomic E-state index is 0.188. The molecule has 1 fully saturated rings. The van der Waals surface area contributed by atoms with Gasteiger partial charge in [0.15, 0.2) is 5.82 Å². The second kappa shape index (κ2) is 9.37. The van der Waals surface area contributed by atoms with Gasteiger partial charge in [-0.3, -0.25) is 10.00 Å². The van der Waals surface area contributed by atoms with Crippen molar-refractivity contribution < 1.29 is 14.3 Å². The van der Waals surface area contributed by atoms with E-state index in [9.17, 15) is 9.18 Å². The van der Waals surface area contributed by atoms with Crippen LogP contribution < -0.4 is 16.0 Å². The molecule has 0 saturated carbocycles. The highest BCUT2D eigenvalue weighted by Gasteiger charge is 2.19. The number of rotatable bonds is 6. The predicted octanol–water partition coefficient (Wildman–Crippen LogP) is 4.31. The molecular weight excluding hydrogens is 439 g/mol. The Morgan fingerprint density at radius 3 is 2.75 bits per heavy atom. The highest BCUT2D eigenvalue weighted by molar-refractivity contribution is 6.32. The highest BCUT2D eigenvalue weighted by atomic mass is 35.5. The standard InChI is InChI=1S/C20H22ClFN8O2/c1-29-6-4-14(5-7-29)30-11-13(9-24-30)26-19-23-10-15(21)18(28-19)25-12-2-3-16(22)17(8-12)27-20(31)32/h2-3,8-11,14,27H,4-7H2,1H3,(H,31,32)(H2,23,25,26,28). The van der Waals surface area contributed by atoms with E-state index >= 15 is 0 Å². The molecule has 12 heteroatoms. The van der Waals surface area contributed by atoms with E-state index in [1.54, 1.807) is 6.20 Å². The molecule has 1 aromatic carbocycles. The Hall–Kier alpha value is -3.44. The number of carboxylic acid groups (broad SMARTS) is 1. The summed E-state index contributed by atoms with van der Waals surface area (Å²) >= 11 is 6.20. The molecular formula is C20H22ClFN8O2. The Labute approximate surface area is 188 Å². The topological polar surface area (TPSA) is 120 Å². The summed E-state index contributed by atoms with van der Waals surface area (Å²) in [5.74, 6) is -0.124. The van der Waals surface area contributed by atoms with Crippen molar-refractivity contribution in [2.24, 2.45) is 0 Å². The monoisotopic (exact) mass is 460 g/mol. The maximum atomic E-state index is 13.8. The van der Waals surface area contributed by atoms with Gasteiger partial charge in [-0.05, 0) is 51.2 Å². The van der Waals surface area contributed by atoms with Crippen LogP contribution in [0.1, 0.15) is 18.9 Å². The van der Waals surface area contributed by atoms with Crippen LogP contribution in [0.2, 0.25) is 5.02 Å². The van der Waals surface area contributed by atoms with Crippen molar-refractivity contribution in [1.82, 2.24) is 24.6 Å². The number of nitrogens with one attached hydrogen (secondary N) is 3. The van der Waals surface area contributed by atoms with Gasteiger partial charge in [0.1, 0.15) is 10.8 Å². The van der Waals surface area contributed by atoms with Crippen molar-refractivity contribution in [3.8, 4) is 0 Å². The summed E-state index contributed by atoms with van der Waals surface area (Å²) in [6.07, 6.45) is 5.78. The second-order valence-corrected chi connectivity index (χ2v) is 7.92. The number of amides is 1. The first-order chi connectivity index (χ1) is 15.4. The first kappa shape index (κ1) is 21.8. The number of hydrogen-bond acceptors (Lipinski definition) is 7. The Kier molecular flexibility index (Phi) is 6.37. The van der Waals surface area contributed by atoms with Gasteiger partial charge in [-0.15, -0.1) is 0 Å². The molecule has 10 nitrogen and oxygen atoms in total. The first-order valence-corrected chi connectivity index (χ1v) is 10.3. The third kappa shape index (κ3) is 5.24. The third-order valence-electron chi connectivity index (χ3n) is 5.13. The fraction of sp³-hybridized carbons (Fsp3) is 0.300. The number of hydrogen-bond donors (Lipinski definition) is 4. The molecule has 2 aromatic heterocycles. The smallest absolute Gasteiger partial charge is 0.409 e. The van der Waals surface area contributed by atoms with Gasteiger partial charge in [-0.1, -0.05) is 11.6 Å². The molecule has 4 rings (SSSR count). The molecule has 1 saturated heterocycles. The van der Waals surface area contributed by atoms with Gasteiger partial charge >= 0.3 is 6.09 Å².